The monoisotopic (exact) mass is 262 g/mol. The van der Waals surface area contributed by atoms with Gasteiger partial charge in [-0.1, -0.05) is 17.7 Å². The van der Waals surface area contributed by atoms with Crippen molar-refractivity contribution in [2.45, 2.75) is 32.2 Å². The van der Waals surface area contributed by atoms with Crippen LogP contribution in [0.25, 0.3) is 11.0 Å². The third-order valence-electron chi connectivity index (χ3n) is 3.55. The molecule has 3 rings (SSSR count). The van der Waals surface area contributed by atoms with Crippen molar-refractivity contribution in [3.8, 4) is 0 Å². The van der Waals surface area contributed by atoms with Crippen molar-refractivity contribution in [2.75, 3.05) is 0 Å². The van der Waals surface area contributed by atoms with Gasteiger partial charge in [0.2, 0.25) is 0 Å². The topological polar surface area (TPSA) is 20.7 Å². The molecular weight excluding hydrogens is 247 g/mol. The average Bonchev–Trinajstić information content (AvgIpc) is 2.95. The third-order valence-corrected chi connectivity index (χ3v) is 3.87. The molecule has 1 aromatic heterocycles. The maximum Gasteiger partial charge on any atom is 0.178 e. The number of nitrogens with one attached hydrogen (secondary N) is 1. The fourth-order valence-electron chi connectivity index (χ4n) is 2.59. The highest BCUT2D eigenvalue weighted by atomic mass is 32.1. The van der Waals surface area contributed by atoms with E-state index in [0.717, 1.165) is 18.5 Å². The number of imidazole rings is 1. The summed E-state index contributed by atoms with van der Waals surface area (Å²) in [5.74, 6) is -0.238. The van der Waals surface area contributed by atoms with Gasteiger partial charge < -0.3 is 9.55 Å². The Morgan fingerprint density at radius 2 is 2.28 bits per heavy atom. The number of H-pyrrole nitrogens is 1. The number of halogens is 1. The standard InChI is InChI=1S/C14H15FN2S/c15-11-6-3-7-12-13(11)16-14(18)17(12)9-8-10-4-1-2-5-10/h3-4,6-7H,1-2,5,8-9H2,(H,16,18). The second-order valence-electron chi connectivity index (χ2n) is 4.72. The molecule has 2 nitrogen and oxygen atoms in total. The largest absolute Gasteiger partial charge is 0.328 e. The lowest BCUT2D eigenvalue weighted by Gasteiger charge is -2.05. The lowest BCUT2D eigenvalue weighted by Crippen LogP contribution is -1.98. The van der Waals surface area contributed by atoms with Gasteiger partial charge in [-0.2, -0.15) is 0 Å². The lowest BCUT2D eigenvalue weighted by molar-refractivity contribution is 0.637. The normalized spacial score (nSPS) is 15.3. The summed E-state index contributed by atoms with van der Waals surface area (Å²) in [6.45, 7) is 0.827. The minimum atomic E-state index is -0.238. The van der Waals surface area contributed by atoms with Crippen LogP contribution in [0.5, 0.6) is 0 Å². The molecule has 1 aromatic carbocycles. The zero-order valence-corrected chi connectivity index (χ0v) is 10.9. The van der Waals surface area contributed by atoms with Gasteiger partial charge >= 0.3 is 0 Å². The molecule has 4 heteroatoms. The van der Waals surface area contributed by atoms with Crippen LogP contribution >= 0.6 is 12.2 Å². The Bertz CT molecular complexity index is 666. The van der Waals surface area contributed by atoms with Crippen molar-refractivity contribution in [1.82, 2.24) is 9.55 Å². The number of benzene rings is 1. The first-order valence-electron chi connectivity index (χ1n) is 6.30. The van der Waals surface area contributed by atoms with Crippen molar-refractivity contribution < 1.29 is 4.39 Å². The summed E-state index contributed by atoms with van der Waals surface area (Å²) in [7, 11) is 0. The molecule has 1 heterocycles. The number of fused-ring (bicyclic) bond motifs is 1. The minimum absolute atomic E-state index is 0.238. The molecule has 1 N–H and O–H groups in total. The van der Waals surface area contributed by atoms with E-state index in [0.29, 0.717) is 10.3 Å². The van der Waals surface area contributed by atoms with Crippen molar-refractivity contribution in [3.63, 3.8) is 0 Å². The number of para-hydroxylation sites is 1. The Morgan fingerprint density at radius 3 is 3.06 bits per heavy atom. The number of hydrogen-bond acceptors (Lipinski definition) is 1. The first kappa shape index (κ1) is 11.7. The Morgan fingerprint density at radius 1 is 1.39 bits per heavy atom. The molecule has 0 aliphatic heterocycles. The van der Waals surface area contributed by atoms with Crippen LogP contribution in [0.3, 0.4) is 0 Å². The van der Waals surface area contributed by atoms with Gasteiger partial charge in [0.1, 0.15) is 11.3 Å². The minimum Gasteiger partial charge on any atom is -0.328 e. The molecular formula is C14H15FN2S. The molecule has 0 unspecified atom stereocenters. The number of aromatic nitrogens is 2. The summed E-state index contributed by atoms with van der Waals surface area (Å²) in [4.78, 5) is 2.95. The quantitative estimate of drug-likeness (QED) is 0.644. The fourth-order valence-corrected chi connectivity index (χ4v) is 2.88. The van der Waals surface area contributed by atoms with Gasteiger partial charge in [0.15, 0.2) is 4.77 Å². The van der Waals surface area contributed by atoms with E-state index in [1.165, 1.54) is 30.9 Å². The average molecular weight is 262 g/mol. The van der Waals surface area contributed by atoms with Crippen molar-refractivity contribution in [3.05, 3.63) is 40.4 Å². The number of rotatable bonds is 3. The zero-order valence-electron chi connectivity index (χ0n) is 10.1. The third kappa shape index (κ3) is 2.01. The predicted octanol–water partition coefficient (Wildman–Crippen LogP) is 4.34. The van der Waals surface area contributed by atoms with Crippen molar-refractivity contribution in [2.24, 2.45) is 0 Å². The van der Waals surface area contributed by atoms with Crippen LogP contribution in [0.4, 0.5) is 4.39 Å². The summed E-state index contributed by atoms with van der Waals surface area (Å²) >= 11 is 5.27. The van der Waals surface area contributed by atoms with Gasteiger partial charge in [-0.15, -0.1) is 0 Å². The van der Waals surface area contributed by atoms with E-state index in [2.05, 4.69) is 11.1 Å². The highest BCUT2D eigenvalue weighted by molar-refractivity contribution is 7.71. The van der Waals surface area contributed by atoms with Crippen molar-refractivity contribution >= 4 is 23.3 Å². The number of aryl methyl sites for hydroxylation is 1. The van der Waals surface area contributed by atoms with E-state index in [1.807, 2.05) is 10.6 Å². The summed E-state index contributed by atoms with van der Waals surface area (Å²) < 4.78 is 16.2. The number of allylic oxidation sites excluding steroid dienone is 2. The Labute approximate surface area is 110 Å². The molecule has 0 fully saturated rings. The molecule has 0 radical (unpaired) electrons. The molecule has 1 aliphatic carbocycles. The summed E-state index contributed by atoms with van der Waals surface area (Å²) in [6, 6.07) is 5.09. The van der Waals surface area contributed by atoms with E-state index < -0.39 is 0 Å². The Kier molecular flexibility index (Phi) is 3.04. The Hall–Kier alpha value is -1.42. The van der Waals surface area contributed by atoms with Crippen LogP contribution in [-0.2, 0) is 6.54 Å². The van der Waals surface area contributed by atoms with E-state index in [-0.39, 0.29) is 5.82 Å². The van der Waals surface area contributed by atoms with Gasteiger partial charge in [-0.3, -0.25) is 0 Å². The summed E-state index contributed by atoms with van der Waals surface area (Å²) in [6.07, 6.45) is 6.99. The molecule has 1 aliphatic rings. The molecule has 0 saturated carbocycles. The van der Waals surface area contributed by atoms with Crippen molar-refractivity contribution in [1.29, 1.82) is 0 Å². The Balaban J connectivity index is 1.93. The molecule has 94 valence electrons. The summed E-state index contributed by atoms with van der Waals surface area (Å²) in [5.41, 5.74) is 2.88. The first-order chi connectivity index (χ1) is 8.75. The van der Waals surface area contributed by atoms with Gasteiger partial charge in [0.05, 0.1) is 5.52 Å². The molecule has 0 bridgehead atoms. The second kappa shape index (κ2) is 4.69. The highest BCUT2D eigenvalue weighted by Gasteiger charge is 2.09. The molecule has 2 aromatic rings. The number of aromatic amines is 1. The number of hydrogen-bond donors (Lipinski definition) is 1. The fraction of sp³-hybridized carbons (Fsp3) is 0.357. The predicted molar refractivity (Wildman–Crippen MR) is 73.6 cm³/mol. The molecule has 0 spiro atoms. The van der Waals surface area contributed by atoms with Gasteiger partial charge in [-0.25, -0.2) is 4.39 Å². The first-order valence-corrected chi connectivity index (χ1v) is 6.71. The highest BCUT2D eigenvalue weighted by Crippen LogP contribution is 2.23. The van der Waals surface area contributed by atoms with Gasteiger partial charge in [0.25, 0.3) is 0 Å². The molecule has 18 heavy (non-hydrogen) atoms. The van der Waals surface area contributed by atoms with Gasteiger partial charge in [-0.05, 0) is 50.0 Å². The zero-order chi connectivity index (χ0) is 12.5. The van der Waals surface area contributed by atoms with Crippen LogP contribution in [0, 0.1) is 10.6 Å². The van der Waals surface area contributed by atoms with Crippen LogP contribution < -0.4 is 0 Å². The molecule has 0 saturated heterocycles. The van der Waals surface area contributed by atoms with E-state index in [9.17, 15) is 4.39 Å². The van der Waals surface area contributed by atoms with Crippen LogP contribution in [0.15, 0.2) is 29.8 Å². The SMILES string of the molecule is Fc1cccc2c1[nH]c(=S)n2CCC1=CCCC1. The molecule has 0 amide bonds. The second-order valence-corrected chi connectivity index (χ2v) is 5.11. The van der Waals surface area contributed by atoms with Crippen LogP contribution in [0.1, 0.15) is 25.7 Å². The summed E-state index contributed by atoms with van der Waals surface area (Å²) in [5, 5.41) is 0. The lowest BCUT2D eigenvalue weighted by atomic mass is 10.1. The van der Waals surface area contributed by atoms with E-state index >= 15 is 0 Å². The van der Waals surface area contributed by atoms with Crippen LogP contribution in [0.2, 0.25) is 0 Å². The number of nitrogens with zero attached hydrogens (tertiary/aromatic N) is 1. The smallest absolute Gasteiger partial charge is 0.178 e. The maximum absolute atomic E-state index is 13.6. The molecule has 0 atom stereocenters. The van der Waals surface area contributed by atoms with Crippen LogP contribution in [-0.4, -0.2) is 9.55 Å². The maximum atomic E-state index is 13.6. The van der Waals surface area contributed by atoms with E-state index in [1.54, 1.807) is 6.07 Å². The van der Waals surface area contributed by atoms with E-state index in [4.69, 9.17) is 12.2 Å². The van der Waals surface area contributed by atoms with Gasteiger partial charge in [0, 0.05) is 6.54 Å².